The number of aromatic nitrogens is 2. The molecule has 1 amide bonds. The van der Waals surface area contributed by atoms with E-state index in [1.165, 1.54) is 11.3 Å². The van der Waals surface area contributed by atoms with Gasteiger partial charge in [-0.05, 0) is 23.4 Å². The minimum absolute atomic E-state index is 0.157. The molecule has 6 nitrogen and oxygen atoms in total. The summed E-state index contributed by atoms with van der Waals surface area (Å²) in [5, 5.41) is 17.8. The fraction of sp³-hybridized carbons (Fsp3) is 0.400. The van der Waals surface area contributed by atoms with Crippen LogP contribution in [0.15, 0.2) is 23.6 Å². The summed E-state index contributed by atoms with van der Waals surface area (Å²) in [6.45, 7) is 4.05. The average molecular weight is 321 g/mol. The number of thiophene rings is 1. The summed E-state index contributed by atoms with van der Waals surface area (Å²) in [7, 11) is 1.79. The number of nitrogens with one attached hydrogen (secondary N) is 1. The van der Waals surface area contributed by atoms with Gasteiger partial charge in [-0.2, -0.15) is 5.10 Å². The lowest BCUT2D eigenvalue weighted by Gasteiger charge is -2.14. The maximum absolute atomic E-state index is 12.3. The van der Waals surface area contributed by atoms with Crippen LogP contribution in [-0.2, 0) is 11.8 Å². The Balaban J connectivity index is 2.17. The molecular formula is C15H19N3O3S. The number of amides is 1. The van der Waals surface area contributed by atoms with Crippen molar-refractivity contribution in [2.45, 2.75) is 32.2 Å². The molecule has 0 aliphatic rings. The van der Waals surface area contributed by atoms with E-state index in [2.05, 4.69) is 10.4 Å². The Labute approximate surface area is 132 Å². The number of carboxylic acids is 1. The first-order valence-electron chi connectivity index (χ1n) is 6.98. The highest BCUT2D eigenvalue weighted by Gasteiger charge is 2.22. The molecule has 0 bridgehead atoms. The van der Waals surface area contributed by atoms with Crippen LogP contribution in [0, 0.1) is 0 Å². The molecule has 0 saturated carbocycles. The molecule has 22 heavy (non-hydrogen) atoms. The molecule has 2 rings (SSSR count). The summed E-state index contributed by atoms with van der Waals surface area (Å²) in [6, 6.07) is 4.84. The van der Waals surface area contributed by atoms with Crippen LogP contribution in [0.3, 0.4) is 0 Å². The van der Waals surface area contributed by atoms with E-state index >= 15 is 0 Å². The van der Waals surface area contributed by atoms with E-state index in [1.807, 2.05) is 31.4 Å². The third kappa shape index (κ3) is 3.73. The van der Waals surface area contributed by atoms with Gasteiger partial charge in [0.15, 0.2) is 0 Å². The average Bonchev–Trinajstić information content (AvgIpc) is 3.06. The number of hydrogen-bond donors (Lipinski definition) is 2. The molecule has 0 fully saturated rings. The Morgan fingerprint density at radius 3 is 2.68 bits per heavy atom. The largest absolute Gasteiger partial charge is 0.481 e. The van der Waals surface area contributed by atoms with Gasteiger partial charge in [0.1, 0.15) is 5.69 Å². The van der Waals surface area contributed by atoms with E-state index in [1.54, 1.807) is 17.8 Å². The van der Waals surface area contributed by atoms with Gasteiger partial charge in [-0.3, -0.25) is 14.3 Å². The van der Waals surface area contributed by atoms with Crippen molar-refractivity contribution in [2.24, 2.45) is 7.05 Å². The Morgan fingerprint density at radius 1 is 1.45 bits per heavy atom. The van der Waals surface area contributed by atoms with Gasteiger partial charge in [0.25, 0.3) is 5.91 Å². The van der Waals surface area contributed by atoms with Crippen LogP contribution in [0.4, 0.5) is 0 Å². The van der Waals surface area contributed by atoms with Crippen molar-refractivity contribution in [3.63, 3.8) is 0 Å². The number of carbonyl (C=O) groups is 2. The van der Waals surface area contributed by atoms with E-state index in [9.17, 15) is 9.59 Å². The smallest absolute Gasteiger partial charge is 0.305 e. The molecule has 0 aliphatic heterocycles. The number of nitrogens with zero attached hydrogens (tertiary/aromatic N) is 2. The molecule has 118 valence electrons. The molecule has 0 aromatic carbocycles. The van der Waals surface area contributed by atoms with E-state index in [4.69, 9.17) is 5.11 Å². The second-order valence-electron chi connectivity index (χ2n) is 5.37. The van der Waals surface area contributed by atoms with E-state index in [0.717, 1.165) is 10.6 Å². The Bertz CT molecular complexity index is 662. The monoisotopic (exact) mass is 321 g/mol. The van der Waals surface area contributed by atoms with Crippen LogP contribution in [-0.4, -0.2) is 26.8 Å². The van der Waals surface area contributed by atoms with Crippen LogP contribution >= 0.6 is 11.3 Å². The van der Waals surface area contributed by atoms with Crippen molar-refractivity contribution in [3.05, 3.63) is 39.8 Å². The second kappa shape index (κ2) is 6.74. The number of aryl methyl sites for hydroxylation is 1. The van der Waals surface area contributed by atoms with Gasteiger partial charge in [0, 0.05) is 17.6 Å². The summed E-state index contributed by atoms with van der Waals surface area (Å²) in [5.74, 6) is -1.06. The summed E-state index contributed by atoms with van der Waals surface area (Å²) in [5.41, 5.74) is 1.26. The molecule has 7 heteroatoms. The number of carboxylic acid groups (broad SMARTS) is 1. The normalized spacial score (nSPS) is 12.4. The third-order valence-electron chi connectivity index (χ3n) is 3.31. The first kappa shape index (κ1) is 16.2. The summed E-state index contributed by atoms with van der Waals surface area (Å²) in [6.07, 6.45) is -0.157. The Kier molecular flexibility index (Phi) is 4.97. The standard InChI is InChI=1S/C15H19N3O3S/c1-9(2)12-7-11(17-18(12)3)15(21)16-10(8-14(19)20)13-5-4-6-22-13/h4-7,9-10H,8H2,1-3H3,(H,16,21)(H,19,20)/t10-/m1/s1. The molecule has 0 radical (unpaired) electrons. The lowest BCUT2D eigenvalue weighted by Crippen LogP contribution is -2.30. The third-order valence-corrected chi connectivity index (χ3v) is 4.30. The van der Waals surface area contributed by atoms with Gasteiger partial charge >= 0.3 is 5.97 Å². The maximum Gasteiger partial charge on any atom is 0.305 e. The molecule has 2 aromatic heterocycles. The lowest BCUT2D eigenvalue weighted by atomic mass is 10.1. The highest BCUT2D eigenvalue weighted by molar-refractivity contribution is 7.10. The van der Waals surface area contributed by atoms with Gasteiger partial charge in [0.05, 0.1) is 12.5 Å². The number of rotatable bonds is 6. The molecule has 0 aliphatic carbocycles. The highest BCUT2D eigenvalue weighted by atomic mass is 32.1. The van der Waals surface area contributed by atoms with Crippen LogP contribution in [0.1, 0.15) is 53.3 Å². The van der Waals surface area contributed by atoms with E-state index in [-0.39, 0.29) is 18.2 Å². The van der Waals surface area contributed by atoms with Crippen LogP contribution in [0.5, 0.6) is 0 Å². The quantitative estimate of drug-likeness (QED) is 0.856. The van der Waals surface area contributed by atoms with Crippen molar-refractivity contribution in [1.82, 2.24) is 15.1 Å². The van der Waals surface area contributed by atoms with Gasteiger partial charge in [-0.15, -0.1) is 11.3 Å². The van der Waals surface area contributed by atoms with Crippen LogP contribution in [0.25, 0.3) is 0 Å². The molecule has 2 aromatic rings. The van der Waals surface area contributed by atoms with Gasteiger partial charge in [-0.1, -0.05) is 19.9 Å². The van der Waals surface area contributed by atoms with Crippen molar-refractivity contribution >= 4 is 23.2 Å². The van der Waals surface area contributed by atoms with Crippen molar-refractivity contribution < 1.29 is 14.7 Å². The van der Waals surface area contributed by atoms with E-state index < -0.39 is 12.0 Å². The molecule has 2 heterocycles. The van der Waals surface area contributed by atoms with Gasteiger partial charge in [0.2, 0.25) is 0 Å². The van der Waals surface area contributed by atoms with Gasteiger partial charge in [-0.25, -0.2) is 0 Å². The topological polar surface area (TPSA) is 84.2 Å². The minimum atomic E-state index is -0.956. The fourth-order valence-corrected chi connectivity index (χ4v) is 3.03. The Hall–Kier alpha value is -2.15. The zero-order valence-corrected chi connectivity index (χ0v) is 13.6. The molecule has 0 spiro atoms. The Morgan fingerprint density at radius 2 is 2.18 bits per heavy atom. The predicted molar refractivity (Wildman–Crippen MR) is 84.1 cm³/mol. The summed E-state index contributed by atoms with van der Waals surface area (Å²) >= 11 is 1.42. The van der Waals surface area contributed by atoms with Crippen molar-refractivity contribution in [1.29, 1.82) is 0 Å². The number of carbonyl (C=O) groups excluding carboxylic acids is 1. The molecular weight excluding hydrogens is 302 g/mol. The molecule has 1 atom stereocenters. The minimum Gasteiger partial charge on any atom is -0.481 e. The van der Waals surface area contributed by atoms with Crippen molar-refractivity contribution in [3.8, 4) is 0 Å². The zero-order valence-electron chi connectivity index (χ0n) is 12.7. The first-order chi connectivity index (χ1) is 10.4. The van der Waals surface area contributed by atoms with Gasteiger partial charge < -0.3 is 10.4 Å². The molecule has 2 N–H and O–H groups in total. The zero-order chi connectivity index (χ0) is 16.3. The SMILES string of the molecule is CC(C)c1cc(C(=O)N[C@H](CC(=O)O)c2cccs2)nn1C. The second-order valence-corrected chi connectivity index (χ2v) is 6.35. The van der Waals surface area contributed by atoms with Crippen molar-refractivity contribution in [2.75, 3.05) is 0 Å². The highest BCUT2D eigenvalue weighted by Crippen LogP contribution is 2.23. The number of aliphatic carboxylic acids is 1. The van der Waals surface area contributed by atoms with Crippen LogP contribution < -0.4 is 5.32 Å². The molecule has 0 saturated heterocycles. The lowest BCUT2D eigenvalue weighted by molar-refractivity contribution is -0.137. The van der Waals surface area contributed by atoms with E-state index in [0.29, 0.717) is 5.69 Å². The summed E-state index contributed by atoms with van der Waals surface area (Å²) < 4.78 is 1.68. The number of hydrogen-bond acceptors (Lipinski definition) is 4. The van der Waals surface area contributed by atoms with Crippen LogP contribution in [0.2, 0.25) is 0 Å². The fourth-order valence-electron chi connectivity index (χ4n) is 2.25. The first-order valence-corrected chi connectivity index (χ1v) is 7.86. The maximum atomic E-state index is 12.3. The summed E-state index contributed by atoms with van der Waals surface area (Å²) in [4.78, 5) is 24.2. The predicted octanol–water partition coefficient (Wildman–Crippen LogP) is 2.55. The molecule has 0 unspecified atom stereocenters.